The van der Waals surface area contributed by atoms with Crippen molar-refractivity contribution in [3.05, 3.63) is 6.33 Å². The second-order valence-corrected chi connectivity index (χ2v) is 0.560. The molecule has 1 rings (SSSR count). The van der Waals surface area contributed by atoms with Gasteiger partial charge >= 0.3 is 29.6 Å². The van der Waals surface area contributed by atoms with E-state index in [0.717, 1.165) is 0 Å². The van der Waals surface area contributed by atoms with Crippen molar-refractivity contribution in [2.45, 2.75) is 0 Å². The van der Waals surface area contributed by atoms with Gasteiger partial charge in [0.05, 0.1) is 7.18 Å². The molecule has 1 aromatic heterocycles. The molecule has 0 spiro atoms. The van der Waals surface area contributed by atoms with Gasteiger partial charge in [-0.15, -0.1) is 10.2 Å². The van der Waals surface area contributed by atoms with E-state index in [0.29, 0.717) is 7.18 Å². The fourth-order valence-corrected chi connectivity index (χ4v) is 0.129. The second-order valence-electron chi connectivity index (χ2n) is 0.560. The Hall–Kier alpha value is -0.000000000000000167. The number of nitrogens with one attached hydrogen (secondary N) is 1. The van der Waals surface area contributed by atoms with Crippen molar-refractivity contribution in [1.29, 1.82) is 0 Å². The summed E-state index contributed by atoms with van der Waals surface area (Å²) in [6, 6.07) is 0. The van der Waals surface area contributed by atoms with Crippen LogP contribution in [0.15, 0.2) is 6.33 Å². The molecule has 1 N–H and O–H groups in total. The summed E-state index contributed by atoms with van der Waals surface area (Å²) in [6.45, 7) is 0. The Kier molecular flexibility index (Phi) is 13.7. The Labute approximate surface area is 69.6 Å². The van der Waals surface area contributed by atoms with E-state index in [1.54, 1.807) is 0 Å². The number of hydrogen-bond donors (Lipinski definition) is 1. The van der Waals surface area contributed by atoms with Gasteiger partial charge in [0.2, 0.25) is 0 Å². The minimum atomic E-state index is 0. The van der Waals surface area contributed by atoms with Crippen LogP contribution < -0.4 is 29.6 Å². The molecule has 0 bridgehead atoms. The van der Waals surface area contributed by atoms with Crippen molar-refractivity contribution >= 4 is 0 Å². The van der Waals surface area contributed by atoms with Crippen LogP contribution in [0, 0.1) is 0 Å². The number of tetrazole rings is 1. The first kappa shape index (κ1) is 10.9. The van der Waals surface area contributed by atoms with Gasteiger partial charge in [0.1, 0.15) is 0 Å². The molecule has 0 aliphatic carbocycles. The van der Waals surface area contributed by atoms with Crippen molar-refractivity contribution in [3.8, 4) is 0 Å². The van der Waals surface area contributed by atoms with Crippen LogP contribution in [-0.2, 0) is 0 Å². The maximum atomic E-state index is 9.50. The minimum Gasteiger partial charge on any atom is -1.00 e. The molecule has 4 nitrogen and oxygen atoms in total. The van der Waals surface area contributed by atoms with E-state index < -0.39 is 0 Å². The van der Waals surface area contributed by atoms with Crippen molar-refractivity contribution in [1.82, 2.24) is 20.6 Å². The third-order valence-electron chi connectivity index (χ3n) is 0.270. The van der Waals surface area contributed by atoms with Crippen LogP contribution in [0.25, 0.3) is 0 Å². The maximum absolute atomic E-state index is 9.50. The van der Waals surface area contributed by atoms with E-state index in [4.69, 9.17) is 0 Å². The van der Waals surface area contributed by atoms with Gasteiger partial charge in [0, 0.05) is 0 Å². The van der Waals surface area contributed by atoms with E-state index in [-0.39, 0.29) is 31.0 Å². The van der Waals surface area contributed by atoms with Gasteiger partial charge < -0.3 is 1.43 Å². The minimum absolute atomic E-state index is 0. The van der Waals surface area contributed by atoms with Crippen molar-refractivity contribution in [2.75, 3.05) is 7.18 Å². The predicted molar refractivity (Wildman–Crippen MR) is 22.3 cm³/mol. The van der Waals surface area contributed by atoms with Gasteiger partial charge in [-0.25, -0.2) is 0 Å². The number of aromatic amines is 1. The summed E-state index contributed by atoms with van der Waals surface area (Å²) in [6.07, 6.45) is 1.33. The largest absolute Gasteiger partial charge is 1.00 e. The molecule has 0 atom stereocenters. The number of rotatable bonds is 0. The average molecular weight is 128 g/mol. The van der Waals surface area contributed by atoms with Crippen LogP contribution in [0.5, 0.6) is 0 Å². The van der Waals surface area contributed by atoms with E-state index >= 15 is 0 Å². The van der Waals surface area contributed by atoms with Gasteiger partial charge in [-0.2, -0.15) is 5.21 Å². The molecule has 6 heteroatoms. The van der Waals surface area contributed by atoms with Crippen molar-refractivity contribution in [3.63, 3.8) is 0 Å². The van der Waals surface area contributed by atoms with Crippen molar-refractivity contribution < 1.29 is 35.4 Å². The van der Waals surface area contributed by atoms with Gasteiger partial charge in [0.15, 0.2) is 6.33 Å². The molecule has 8 heavy (non-hydrogen) atoms. The summed E-state index contributed by atoms with van der Waals surface area (Å²) in [7, 11) is 0.500. The van der Waals surface area contributed by atoms with E-state index in [1.807, 2.05) is 0 Å². The molecule has 42 valence electrons. The number of halogens is 1. The third kappa shape index (κ3) is 6.00. The van der Waals surface area contributed by atoms with Gasteiger partial charge in [0.25, 0.3) is 0 Å². The van der Waals surface area contributed by atoms with E-state index in [2.05, 4.69) is 20.6 Å². The van der Waals surface area contributed by atoms with Gasteiger partial charge in [-0.1, -0.05) is 5.21 Å². The Morgan fingerprint density at radius 3 is 2.38 bits per heavy atom. The monoisotopic (exact) mass is 128 g/mol. The fourth-order valence-electron chi connectivity index (χ4n) is 0.129. The summed E-state index contributed by atoms with van der Waals surface area (Å²) in [5, 5.41) is 12.2. The first-order chi connectivity index (χ1) is 3.50. The molecule has 0 aromatic carbocycles. The summed E-state index contributed by atoms with van der Waals surface area (Å²) < 4.78 is 9.50. The number of H-pyrrole nitrogens is 1. The topological polar surface area (TPSA) is 54.5 Å². The predicted octanol–water partition coefficient (Wildman–Crippen LogP) is -3.10. The Balaban J connectivity index is -0.0000000836. The summed E-state index contributed by atoms with van der Waals surface area (Å²) in [5.41, 5.74) is 0. The molecular weight excluding hydrogens is 122 g/mol. The molecule has 0 amide bonds. The molecule has 0 fully saturated rings. The molecule has 0 radical (unpaired) electrons. The van der Waals surface area contributed by atoms with Crippen LogP contribution in [-0.4, -0.2) is 27.8 Å². The molecule has 0 aliphatic heterocycles. The van der Waals surface area contributed by atoms with Gasteiger partial charge in [-0.3, -0.25) is 4.39 Å². The van der Waals surface area contributed by atoms with Crippen molar-refractivity contribution in [2.24, 2.45) is 0 Å². The zero-order chi connectivity index (χ0) is 5.54. The van der Waals surface area contributed by atoms with Crippen LogP contribution in [0.4, 0.5) is 4.39 Å². The quantitative estimate of drug-likeness (QED) is 0.376. The molecule has 1 aromatic rings. The molecule has 0 saturated heterocycles. The Bertz CT molecular complexity index is 75.0. The van der Waals surface area contributed by atoms with Crippen LogP contribution in [0.3, 0.4) is 0 Å². The Morgan fingerprint density at radius 1 is 1.62 bits per heavy atom. The summed E-state index contributed by atoms with van der Waals surface area (Å²) in [5.74, 6) is 0. The zero-order valence-corrected chi connectivity index (χ0v) is 6.80. The average Bonchev–Trinajstić information content (AvgIpc) is 2.23. The summed E-state index contributed by atoms with van der Waals surface area (Å²) in [4.78, 5) is 0. The van der Waals surface area contributed by atoms with Crippen LogP contribution >= 0.6 is 0 Å². The molecule has 0 aliphatic rings. The Morgan fingerprint density at radius 2 is 2.25 bits per heavy atom. The van der Waals surface area contributed by atoms with Gasteiger partial charge in [-0.05, 0) is 0 Å². The van der Waals surface area contributed by atoms with Crippen LogP contribution in [0.1, 0.15) is 1.43 Å². The smallest absolute Gasteiger partial charge is 1.00 e. The molecule has 0 saturated carbocycles. The standard InChI is InChI=1S/CH3F.CH2N4.Na.H/c1-2;1-2-4-5-3-1;;/h1H3;1H,(H,2,3,4,5);;/q;;+1;-1. The first-order valence-corrected chi connectivity index (χ1v) is 1.54. The number of alkyl halides is 1. The zero-order valence-electron chi connectivity index (χ0n) is 5.80. The second kappa shape index (κ2) is 10.1. The maximum Gasteiger partial charge on any atom is 1.00 e. The van der Waals surface area contributed by atoms with E-state index in [1.165, 1.54) is 6.33 Å². The fraction of sp³-hybridized carbons (Fsp3) is 0.500. The van der Waals surface area contributed by atoms with Crippen LogP contribution in [0.2, 0.25) is 0 Å². The third-order valence-corrected chi connectivity index (χ3v) is 0.270. The van der Waals surface area contributed by atoms with E-state index in [9.17, 15) is 4.39 Å². The number of aromatic nitrogens is 4. The molecule has 0 unspecified atom stereocenters. The number of hydrogen-bond acceptors (Lipinski definition) is 3. The first-order valence-electron chi connectivity index (χ1n) is 1.54. The number of nitrogens with zero attached hydrogens (tertiary/aromatic N) is 3. The molecular formula is C2H6FN4Na. The SMILES string of the molecule is CF.[H-].[Na+].c1nn[nH]n1. The summed E-state index contributed by atoms with van der Waals surface area (Å²) >= 11 is 0. The normalized spacial score (nSPS) is 5.75. The molecule has 1 heterocycles.